The molecule has 0 unspecified atom stereocenters. The average molecular weight is 939 g/mol. The Bertz CT molecular complexity index is 1810. The number of hydrazine groups is 2. The maximum absolute atomic E-state index is 15.2. The fourth-order valence-electron chi connectivity index (χ4n) is 8.66. The number of cyclic esters (lactones) is 1. The third-order valence-corrected chi connectivity index (χ3v) is 13.1. The van der Waals surface area contributed by atoms with E-state index in [0.29, 0.717) is 25.2 Å². The number of fused-ring (bicyclic) bond motifs is 2. The Morgan fingerprint density at radius 3 is 2.05 bits per heavy atom. The number of nitrogens with zero attached hydrogens (tertiary/aromatic N) is 4. The molecule has 4 saturated heterocycles. The predicted octanol–water partition coefficient (Wildman–Crippen LogP) is 0.0160. The number of hydrogen-bond donors (Lipinski definition) is 7. The van der Waals surface area contributed by atoms with Gasteiger partial charge >= 0.3 is 11.9 Å². The summed E-state index contributed by atoms with van der Waals surface area (Å²) in [5, 5.41) is 41.9. The van der Waals surface area contributed by atoms with Gasteiger partial charge in [-0.3, -0.25) is 48.8 Å². The highest BCUT2D eigenvalue weighted by molar-refractivity contribution is 5.98. The number of amides is 6. The first-order chi connectivity index (χ1) is 30.6. The van der Waals surface area contributed by atoms with Gasteiger partial charge in [-0.25, -0.2) is 20.7 Å². The topological polar surface area (TPSA) is 286 Å². The smallest absolute Gasteiger partial charge is 0.331 e. The van der Waals surface area contributed by atoms with Crippen LogP contribution in [0.4, 0.5) is 0 Å². The Kier molecular flexibility index (Phi) is 18.1. The standard InChI is InChI=1S/C44H74N8O14/c1-12-25(4)21-29-17-18-44(62,65-28(29)7)43(11,61)41(60)48-34-35(24(2)3)64-40(59)27(6)52(63)38(57)31-16-14-19-46-50(31)32(53)22-45-36(55)26(5)49(23-33(54)66-42(8,9)10)37(56)30-15-13-20-47-51(30)39(34)58/h24-31,34-35,46-47,61-63H,12-23H2,1-11H3,(H,45,55)(H,48,60)/t25-,26-,27+,28+,29+,30+,31-,34-,35-,43+,44+/m0/s1. The van der Waals surface area contributed by atoms with E-state index in [4.69, 9.17) is 14.2 Å². The molecule has 7 N–H and O–H groups in total. The first-order valence-electron chi connectivity index (χ1n) is 23.2. The van der Waals surface area contributed by atoms with Crippen LogP contribution in [0.15, 0.2) is 0 Å². The van der Waals surface area contributed by atoms with Crippen LogP contribution in [0.25, 0.3) is 0 Å². The van der Waals surface area contributed by atoms with Crippen LogP contribution in [0.1, 0.15) is 128 Å². The van der Waals surface area contributed by atoms with Crippen LogP contribution in [-0.4, -0.2) is 168 Å². The monoisotopic (exact) mass is 939 g/mol. The van der Waals surface area contributed by atoms with E-state index in [1.54, 1.807) is 41.5 Å². The number of nitrogens with one attached hydrogen (secondary N) is 4. The van der Waals surface area contributed by atoms with Crippen molar-refractivity contribution in [3.8, 4) is 0 Å². The van der Waals surface area contributed by atoms with Crippen molar-refractivity contribution in [1.82, 2.24) is 41.5 Å². The van der Waals surface area contributed by atoms with Crippen LogP contribution < -0.4 is 21.5 Å². The Morgan fingerprint density at radius 1 is 0.894 bits per heavy atom. The summed E-state index contributed by atoms with van der Waals surface area (Å²) < 4.78 is 17.4. The quantitative estimate of drug-likeness (QED) is 0.119. The molecule has 22 nitrogen and oxygen atoms in total. The van der Waals surface area contributed by atoms with Crippen molar-refractivity contribution in [2.24, 2.45) is 17.8 Å². The van der Waals surface area contributed by atoms with Crippen molar-refractivity contribution in [2.75, 3.05) is 26.2 Å². The molecule has 0 aliphatic carbocycles. The molecule has 4 aliphatic heterocycles. The van der Waals surface area contributed by atoms with Crippen LogP contribution in [0.3, 0.4) is 0 Å². The Labute approximate surface area is 387 Å². The number of hydrogen-bond acceptors (Lipinski definition) is 16. The van der Waals surface area contributed by atoms with E-state index in [0.717, 1.165) is 41.6 Å². The van der Waals surface area contributed by atoms with E-state index in [1.165, 1.54) is 6.92 Å². The van der Waals surface area contributed by atoms with Gasteiger partial charge in [-0.15, -0.1) is 0 Å². The van der Waals surface area contributed by atoms with Crippen LogP contribution in [0, 0.1) is 17.8 Å². The molecule has 4 heterocycles. The number of aliphatic hydroxyl groups is 2. The summed E-state index contributed by atoms with van der Waals surface area (Å²) in [5.74, 6) is -11.1. The number of carbonyl (C=O) groups is 8. The number of carbonyl (C=O) groups excluding carboxylic acids is 8. The molecule has 4 aliphatic rings. The van der Waals surface area contributed by atoms with E-state index in [1.807, 2.05) is 0 Å². The van der Waals surface area contributed by atoms with Crippen LogP contribution in [0.5, 0.6) is 0 Å². The zero-order chi connectivity index (χ0) is 49.6. The van der Waals surface area contributed by atoms with Gasteiger partial charge < -0.3 is 40.0 Å². The zero-order valence-corrected chi connectivity index (χ0v) is 40.4. The predicted molar refractivity (Wildman–Crippen MR) is 233 cm³/mol. The highest BCUT2D eigenvalue weighted by Gasteiger charge is 2.57. The normalized spacial score (nSPS) is 31.9. The van der Waals surface area contributed by atoms with Crippen molar-refractivity contribution >= 4 is 47.4 Å². The van der Waals surface area contributed by atoms with Crippen molar-refractivity contribution in [3.63, 3.8) is 0 Å². The summed E-state index contributed by atoms with van der Waals surface area (Å²) in [6.07, 6.45) is 0.437. The van der Waals surface area contributed by atoms with E-state index in [2.05, 4.69) is 35.3 Å². The molecular weight excluding hydrogens is 865 g/mol. The van der Waals surface area contributed by atoms with Gasteiger partial charge in [0.2, 0.25) is 17.6 Å². The van der Waals surface area contributed by atoms with E-state index < -0.39 is 126 Å². The van der Waals surface area contributed by atoms with E-state index >= 15 is 4.79 Å². The average Bonchev–Trinajstić information content (AvgIpc) is 3.26. The second-order valence-electron chi connectivity index (χ2n) is 19.7. The van der Waals surface area contributed by atoms with Crippen molar-refractivity contribution < 1.29 is 68.0 Å². The Balaban J connectivity index is 1.84. The Hall–Kier alpha value is -4.48. The highest BCUT2D eigenvalue weighted by atomic mass is 16.6. The maximum Gasteiger partial charge on any atom is 0.331 e. The maximum atomic E-state index is 15.2. The number of esters is 2. The first-order valence-corrected chi connectivity index (χ1v) is 23.2. The zero-order valence-electron chi connectivity index (χ0n) is 40.4. The van der Waals surface area contributed by atoms with Gasteiger partial charge in [-0.05, 0) is 105 Å². The number of rotatable bonds is 9. The van der Waals surface area contributed by atoms with Crippen LogP contribution in [0.2, 0.25) is 0 Å². The lowest BCUT2D eigenvalue weighted by atomic mass is 9.79. The third kappa shape index (κ3) is 12.5. The fraction of sp³-hybridized carbons (Fsp3) is 0.818. The summed E-state index contributed by atoms with van der Waals surface area (Å²) >= 11 is 0. The molecule has 4 fully saturated rings. The van der Waals surface area contributed by atoms with Gasteiger partial charge in [0, 0.05) is 19.5 Å². The van der Waals surface area contributed by atoms with E-state index in [9.17, 15) is 49.0 Å². The highest BCUT2D eigenvalue weighted by Crippen LogP contribution is 2.41. The Morgan fingerprint density at radius 2 is 1.48 bits per heavy atom. The molecule has 374 valence electrons. The fourth-order valence-corrected chi connectivity index (χ4v) is 8.66. The molecule has 0 spiro atoms. The summed E-state index contributed by atoms with van der Waals surface area (Å²) in [6, 6.07) is -7.97. The molecule has 0 aromatic rings. The van der Waals surface area contributed by atoms with Crippen molar-refractivity contribution in [1.29, 1.82) is 0 Å². The summed E-state index contributed by atoms with van der Waals surface area (Å²) in [5.41, 5.74) is 1.95. The minimum atomic E-state index is -2.73. The molecule has 0 aromatic heterocycles. The molecule has 66 heavy (non-hydrogen) atoms. The first kappa shape index (κ1) is 54.1. The molecule has 0 aromatic carbocycles. The van der Waals surface area contributed by atoms with Crippen LogP contribution >= 0.6 is 0 Å². The second-order valence-corrected chi connectivity index (χ2v) is 19.7. The molecule has 0 bridgehead atoms. The number of ether oxygens (including phenoxy) is 3. The largest absolute Gasteiger partial charge is 0.459 e. The van der Waals surface area contributed by atoms with Crippen LogP contribution in [-0.2, 0) is 52.6 Å². The molecule has 0 radical (unpaired) electrons. The van der Waals surface area contributed by atoms with Gasteiger partial charge in [0.05, 0.1) is 12.6 Å². The van der Waals surface area contributed by atoms with E-state index in [-0.39, 0.29) is 43.3 Å². The lowest BCUT2D eigenvalue weighted by Crippen LogP contribution is -2.70. The van der Waals surface area contributed by atoms with Gasteiger partial charge in [-0.1, -0.05) is 34.1 Å². The van der Waals surface area contributed by atoms with Gasteiger partial charge in [0.1, 0.15) is 42.4 Å². The molecule has 11 atom stereocenters. The molecular formula is C44H74N8O14. The molecule has 6 amide bonds. The van der Waals surface area contributed by atoms with Gasteiger partial charge in [0.25, 0.3) is 23.6 Å². The summed E-state index contributed by atoms with van der Waals surface area (Å²) in [4.78, 5) is 114. The SMILES string of the molecule is CC[C@H](C)C[C@H]1CC[C@](O)([C@](C)(O)C(=O)N[C@@H]2C(=O)N3NCCC[C@@H]3C(=O)N(CC(=O)OC(C)(C)C)[C@@H](C)C(=O)NCC(=O)N3NCCC[C@H]3C(=O)N(O)[C@H](C)C(=O)O[C@H]2C(C)C)O[C@@H]1C. The third-order valence-electron chi connectivity index (χ3n) is 13.1. The molecule has 0 saturated carbocycles. The lowest BCUT2D eigenvalue weighted by Gasteiger charge is -2.47. The lowest BCUT2D eigenvalue weighted by molar-refractivity contribution is -0.326. The number of hydroxylamine groups is 2. The minimum absolute atomic E-state index is 0.0118. The summed E-state index contributed by atoms with van der Waals surface area (Å²) in [6.45, 7) is 16.2. The van der Waals surface area contributed by atoms with Crippen molar-refractivity contribution in [2.45, 2.75) is 187 Å². The summed E-state index contributed by atoms with van der Waals surface area (Å²) in [7, 11) is 0. The van der Waals surface area contributed by atoms with Gasteiger partial charge in [0.15, 0.2) is 11.6 Å². The molecule has 4 rings (SSSR count). The van der Waals surface area contributed by atoms with Gasteiger partial charge in [-0.2, -0.15) is 0 Å². The van der Waals surface area contributed by atoms with Crippen molar-refractivity contribution in [3.05, 3.63) is 0 Å². The minimum Gasteiger partial charge on any atom is -0.459 e. The second kappa shape index (κ2) is 22.1. The molecule has 22 heteroatoms.